The average Bonchev–Trinajstić information content (AvgIpc) is 2.48. The summed E-state index contributed by atoms with van der Waals surface area (Å²) >= 11 is 0. The molecule has 0 bridgehead atoms. The summed E-state index contributed by atoms with van der Waals surface area (Å²) in [5.74, 6) is -1.49. The SMILES string of the molecule is CCOC(=O)Cc1cc([N+](=O)[O-])c(CC(=O)OCC)cc1[N+](=O)[O-]. The van der Waals surface area contributed by atoms with Crippen LogP contribution in [0, 0.1) is 20.2 Å². The number of nitro groups is 2. The maximum atomic E-state index is 11.5. The van der Waals surface area contributed by atoms with Gasteiger partial charge in [-0.1, -0.05) is 0 Å². The minimum Gasteiger partial charge on any atom is -0.466 e. The third kappa shape index (κ3) is 5.00. The average molecular weight is 340 g/mol. The number of carbonyl (C=O) groups excluding carboxylic acids is 2. The zero-order valence-electron chi connectivity index (χ0n) is 13.1. The second-order valence-electron chi connectivity index (χ2n) is 4.59. The maximum Gasteiger partial charge on any atom is 0.310 e. The van der Waals surface area contributed by atoms with Gasteiger partial charge in [-0.3, -0.25) is 29.8 Å². The molecule has 0 aliphatic heterocycles. The molecule has 1 aromatic carbocycles. The van der Waals surface area contributed by atoms with Gasteiger partial charge < -0.3 is 9.47 Å². The normalized spacial score (nSPS) is 10.1. The number of esters is 2. The first-order valence-corrected chi connectivity index (χ1v) is 7.05. The Morgan fingerprint density at radius 3 is 1.46 bits per heavy atom. The lowest BCUT2D eigenvalue weighted by atomic mass is 10.0. The van der Waals surface area contributed by atoms with Crippen molar-refractivity contribution in [1.29, 1.82) is 0 Å². The van der Waals surface area contributed by atoms with E-state index < -0.39 is 46.0 Å². The molecule has 0 spiro atoms. The molecule has 0 saturated heterocycles. The van der Waals surface area contributed by atoms with E-state index in [0.717, 1.165) is 12.1 Å². The van der Waals surface area contributed by atoms with Gasteiger partial charge in [0.2, 0.25) is 0 Å². The van der Waals surface area contributed by atoms with Crippen molar-refractivity contribution in [3.8, 4) is 0 Å². The third-order valence-corrected chi connectivity index (χ3v) is 2.95. The summed E-state index contributed by atoms with van der Waals surface area (Å²) in [6.07, 6.45) is -0.963. The van der Waals surface area contributed by atoms with E-state index in [1.54, 1.807) is 13.8 Å². The fourth-order valence-corrected chi connectivity index (χ4v) is 2.02. The minimum absolute atomic E-state index is 0.0790. The topological polar surface area (TPSA) is 139 Å². The maximum absolute atomic E-state index is 11.5. The lowest BCUT2D eigenvalue weighted by Gasteiger charge is -2.07. The summed E-state index contributed by atoms with van der Waals surface area (Å²) in [5, 5.41) is 22.3. The van der Waals surface area contributed by atoms with Gasteiger partial charge in [0.1, 0.15) is 0 Å². The summed E-state index contributed by atoms with van der Waals surface area (Å²) in [4.78, 5) is 43.9. The third-order valence-electron chi connectivity index (χ3n) is 2.95. The van der Waals surface area contributed by atoms with E-state index in [2.05, 4.69) is 0 Å². The van der Waals surface area contributed by atoms with E-state index in [9.17, 15) is 29.8 Å². The molecule has 0 fully saturated rings. The van der Waals surface area contributed by atoms with Gasteiger partial charge in [0.25, 0.3) is 11.4 Å². The number of carbonyl (C=O) groups is 2. The second-order valence-corrected chi connectivity index (χ2v) is 4.59. The van der Waals surface area contributed by atoms with Crippen LogP contribution in [0.25, 0.3) is 0 Å². The van der Waals surface area contributed by atoms with Crippen LogP contribution in [0.5, 0.6) is 0 Å². The van der Waals surface area contributed by atoms with Crippen LogP contribution in [0.1, 0.15) is 25.0 Å². The van der Waals surface area contributed by atoms with E-state index in [1.807, 2.05) is 0 Å². The molecule has 0 radical (unpaired) electrons. The lowest BCUT2D eigenvalue weighted by molar-refractivity contribution is -0.390. The van der Waals surface area contributed by atoms with E-state index in [-0.39, 0.29) is 24.3 Å². The highest BCUT2D eigenvalue weighted by molar-refractivity contribution is 5.77. The highest BCUT2D eigenvalue weighted by Crippen LogP contribution is 2.30. The molecule has 24 heavy (non-hydrogen) atoms. The molecule has 0 saturated carbocycles. The van der Waals surface area contributed by atoms with E-state index in [1.165, 1.54) is 0 Å². The highest BCUT2D eigenvalue weighted by Gasteiger charge is 2.27. The summed E-state index contributed by atoms with van der Waals surface area (Å²) in [6, 6.07) is 1.84. The van der Waals surface area contributed by atoms with Crippen molar-refractivity contribution >= 4 is 23.3 Å². The number of hydrogen-bond donors (Lipinski definition) is 0. The molecule has 0 aromatic heterocycles. The minimum atomic E-state index is -0.771. The van der Waals surface area contributed by atoms with Gasteiger partial charge in [-0.25, -0.2) is 0 Å². The van der Waals surface area contributed by atoms with Crippen LogP contribution < -0.4 is 0 Å². The Hall–Kier alpha value is -3.04. The predicted octanol–water partition coefficient (Wildman–Crippen LogP) is 1.71. The standard InChI is InChI=1S/C14H16N2O8/c1-3-23-13(17)7-9-5-12(16(21)22)10(6-11(9)15(19)20)8-14(18)24-4-2/h5-6H,3-4,7-8H2,1-2H3. The van der Waals surface area contributed by atoms with Gasteiger partial charge in [0.05, 0.1) is 35.9 Å². The molecule has 0 unspecified atom stereocenters. The predicted molar refractivity (Wildman–Crippen MR) is 80.4 cm³/mol. The first-order chi connectivity index (χ1) is 11.3. The van der Waals surface area contributed by atoms with Gasteiger partial charge >= 0.3 is 11.9 Å². The second kappa shape index (κ2) is 8.56. The first-order valence-electron chi connectivity index (χ1n) is 7.05. The molecular formula is C14H16N2O8. The van der Waals surface area contributed by atoms with Crippen molar-refractivity contribution < 1.29 is 28.9 Å². The number of nitro benzene ring substituents is 2. The van der Waals surface area contributed by atoms with Crippen molar-refractivity contribution in [3.05, 3.63) is 43.5 Å². The van der Waals surface area contributed by atoms with Crippen molar-refractivity contribution in [1.82, 2.24) is 0 Å². The van der Waals surface area contributed by atoms with Crippen LogP contribution in [0.3, 0.4) is 0 Å². The van der Waals surface area contributed by atoms with Gasteiger partial charge in [-0.05, 0) is 13.8 Å². The molecule has 10 nitrogen and oxygen atoms in total. The molecule has 0 atom stereocenters. The van der Waals surface area contributed by atoms with E-state index in [4.69, 9.17) is 9.47 Å². The Labute approximate surface area is 136 Å². The summed E-state index contributed by atoms with van der Waals surface area (Å²) in [6.45, 7) is 3.29. The molecule has 130 valence electrons. The number of rotatable bonds is 8. The largest absolute Gasteiger partial charge is 0.466 e. The lowest BCUT2D eigenvalue weighted by Crippen LogP contribution is -2.12. The molecule has 0 aliphatic rings. The van der Waals surface area contributed by atoms with Crippen LogP contribution in [0.15, 0.2) is 12.1 Å². The van der Waals surface area contributed by atoms with Gasteiger partial charge in [0.15, 0.2) is 0 Å². The van der Waals surface area contributed by atoms with E-state index in [0.29, 0.717) is 0 Å². The quantitative estimate of drug-likeness (QED) is 0.396. The Morgan fingerprint density at radius 2 is 1.21 bits per heavy atom. The fourth-order valence-electron chi connectivity index (χ4n) is 2.02. The molecule has 1 aromatic rings. The van der Waals surface area contributed by atoms with Crippen LogP contribution in [-0.2, 0) is 31.9 Å². The number of nitrogens with zero attached hydrogens (tertiary/aromatic N) is 2. The molecule has 0 amide bonds. The fraction of sp³-hybridized carbons (Fsp3) is 0.429. The van der Waals surface area contributed by atoms with Gasteiger partial charge in [-0.15, -0.1) is 0 Å². The smallest absolute Gasteiger partial charge is 0.310 e. The van der Waals surface area contributed by atoms with Crippen molar-refractivity contribution in [2.24, 2.45) is 0 Å². The summed E-state index contributed by atoms with van der Waals surface area (Å²) in [7, 11) is 0. The Kier molecular flexibility index (Phi) is 6.78. The molecular weight excluding hydrogens is 324 g/mol. The van der Waals surface area contributed by atoms with Crippen molar-refractivity contribution in [2.45, 2.75) is 26.7 Å². The monoisotopic (exact) mass is 340 g/mol. The number of ether oxygens (including phenoxy) is 2. The zero-order valence-corrected chi connectivity index (χ0v) is 13.1. The molecule has 10 heteroatoms. The van der Waals surface area contributed by atoms with Crippen LogP contribution >= 0.6 is 0 Å². The summed E-state index contributed by atoms with van der Waals surface area (Å²) < 4.78 is 9.40. The van der Waals surface area contributed by atoms with Crippen LogP contribution in [0.2, 0.25) is 0 Å². The van der Waals surface area contributed by atoms with Crippen molar-refractivity contribution in [3.63, 3.8) is 0 Å². The summed E-state index contributed by atoms with van der Waals surface area (Å²) in [5.41, 5.74) is -1.29. The van der Waals surface area contributed by atoms with Crippen LogP contribution in [0.4, 0.5) is 11.4 Å². The van der Waals surface area contributed by atoms with Gasteiger partial charge in [-0.2, -0.15) is 0 Å². The Balaban J connectivity index is 3.33. The number of hydrogen-bond acceptors (Lipinski definition) is 8. The van der Waals surface area contributed by atoms with E-state index >= 15 is 0 Å². The number of benzene rings is 1. The molecule has 0 N–H and O–H groups in total. The first kappa shape index (κ1) is 19.0. The molecule has 0 aliphatic carbocycles. The Morgan fingerprint density at radius 1 is 0.875 bits per heavy atom. The van der Waals surface area contributed by atoms with Gasteiger partial charge in [0, 0.05) is 23.3 Å². The van der Waals surface area contributed by atoms with Crippen molar-refractivity contribution in [2.75, 3.05) is 13.2 Å². The molecule has 1 rings (SSSR count). The zero-order chi connectivity index (χ0) is 18.3. The highest BCUT2D eigenvalue weighted by atomic mass is 16.6. The molecule has 0 heterocycles. The Bertz CT molecular complexity index is 613. The van der Waals surface area contributed by atoms with Crippen LogP contribution in [-0.4, -0.2) is 35.0 Å².